The summed E-state index contributed by atoms with van der Waals surface area (Å²) in [5, 5.41) is 6.54. The number of nitrogens with one attached hydrogen (secondary N) is 2. The first-order valence-corrected chi connectivity index (χ1v) is 33.9. The van der Waals surface area contributed by atoms with E-state index in [9.17, 15) is 19.2 Å². The lowest BCUT2D eigenvalue weighted by Gasteiger charge is -2.34. The maximum Gasteiger partial charge on any atom is 0.243 e. The minimum absolute atomic E-state index is 0.00746. The van der Waals surface area contributed by atoms with Gasteiger partial charge >= 0.3 is 0 Å². The van der Waals surface area contributed by atoms with Crippen LogP contribution in [-0.2, 0) is 19.2 Å². The number of nitrogens with zero attached hydrogens (tertiary/aromatic N) is 5. The van der Waals surface area contributed by atoms with Crippen molar-refractivity contribution in [1.82, 2.24) is 35.1 Å². The molecule has 0 aromatic carbocycles. The first-order chi connectivity index (χ1) is 38.3. The Hall–Kier alpha value is -2.76. The van der Waals surface area contributed by atoms with Crippen molar-refractivity contribution < 1.29 is 19.2 Å². The summed E-state index contributed by atoms with van der Waals surface area (Å²) in [5.41, 5.74) is 0. The Morgan fingerprint density at radius 2 is 0.731 bits per heavy atom. The van der Waals surface area contributed by atoms with Gasteiger partial charge in [-0.05, 0) is 161 Å². The van der Waals surface area contributed by atoms with Crippen molar-refractivity contribution in [3.05, 3.63) is 24.3 Å². The monoisotopic (exact) mass is 1090 g/mol. The van der Waals surface area contributed by atoms with Crippen LogP contribution in [0.4, 0.5) is 0 Å². The third kappa shape index (κ3) is 32.0. The zero-order valence-corrected chi connectivity index (χ0v) is 51.3. The van der Waals surface area contributed by atoms with Gasteiger partial charge < -0.3 is 35.1 Å². The fourth-order valence-electron chi connectivity index (χ4n) is 12.1. The van der Waals surface area contributed by atoms with Gasteiger partial charge in [0.1, 0.15) is 12.1 Å². The molecular weight excluding hydrogens is 967 g/mol. The number of carbonyl (C=O) groups is 4. The Morgan fingerprint density at radius 1 is 0.423 bits per heavy atom. The van der Waals surface area contributed by atoms with E-state index < -0.39 is 12.1 Å². The quantitative estimate of drug-likeness (QED) is 0.0461. The molecular formula is C67H123N7O4. The summed E-state index contributed by atoms with van der Waals surface area (Å²) in [6.07, 6.45) is 56.6. The minimum atomic E-state index is -0.404. The molecule has 0 bridgehead atoms. The number of likely N-dealkylation sites (N-methyl/N-ethyl adjacent to an activating group) is 1. The van der Waals surface area contributed by atoms with Gasteiger partial charge in [0.15, 0.2) is 0 Å². The van der Waals surface area contributed by atoms with Crippen LogP contribution in [0.2, 0.25) is 0 Å². The fraction of sp³-hybridized carbons (Fsp3) is 0.881. The van der Waals surface area contributed by atoms with Gasteiger partial charge in [0.25, 0.3) is 0 Å². The van der Waals surface area contributed by atoms with Crippen LogP contribution in [0.15, 0.2) is 24.3 Å². The van der Waals surface area contributed by atoms with Gasteiger partial charge in [0, 0.05) is 65.2 Å². The zero-order valence-electron chi connectivity index (χ0n) is 51.3. The molecule has 2 N–H and O–H groups in total. The Morgan fingerprint density at radius 3 is 1.05 bits per heavy atom. The third-order valence-corrected chi connectivity index (χ3v) is 17.6. The van der Waals surface area contributed by atoms with Gasteiger partial charge in [-0.25, -0.2) is 0 Å². The molecule has 2 saturated heterocycles. The number of hydrogen-bond donors (Lipinski definition) is 2. The van der Waals surface area contributed by atoms with Gasteiger partial charge in [-0.15, -0.1) is 0 Å². The molecule has 0 radical (unpaired) electrons. The molecule has 2 aliphatic carbocycles. The molecule has 2 heterocycles. The Bertz CT molecular complexity index is 1470. The summed E-state index contributed by atoms with van der Waals surface area (Å²) in [6.45, 7) is 14.1. The van der Waals surface area contributed by atoms with E-state index in [0.29, 0.717) is 52.1 Å². The van der Waals surface area contributed by atoms with Crippen LogP contribution in [-0.4, -0.2) is 146 Å². The van der Waals surface area contributed by atoms with Crippen LogP contribution in [0.1, 0.15) is 271 Å². The van der Waals surface area contributed by atoms with E-state index in [4.69, 9.17) is 0 Å². The van der Waals surface area contributed by atoms with Gasteiger partial charge in [-0.1, -0.05) is 167 Å². The molecule has 4 aliphatic rings. The normalized spacial score (nSPS) is 17.6. The fourth-order valence-corrected chi connectivity index (χ4v) is 12.1. The standard InChI is InChI=1S/C67H123N7O4/c1-4-6-8-10-12-14-16-18-20-22-24-26-28-30-36-42-62(75)73(58-56-71-50-38-32-33-39-51-71)64(60-44-45-60)66(77)68-48-54-70(3)55-49-69-67(78)65(61-46-47-61)74(59-57-72-52-40-34-35-41-53-72)63(76)43-37-31-29-27-25-23-21-19-17-15-13-11-9-7-5-2/h18-21,60-61,64-65H,4-17,22-59H2,1-3H3,(H,68,77)(H,69,78)/b20-18-,21-19-. The zero-order chi connectivity index (χ0) is 55.5. The van der Waals surface area contributed by atoms with Crippen molar-refractivity contribution in [1.29, 1.82) is 0 Å². The summed E-state index contributed by atoms with van der Waals surface area (Å²) < 4.78 is 0. The molecule has 11 heteroatoms. The molecule has 4 fully saturated rings. The van der Waals surface area contributed by atoms with Crippen molar-refractivity contribution in [2.45, 2.75) is 283 Å². The first-order valence-electron chi connectivity index (χ1n) is 33.9. The predicted molar refractivity (Wildman–Crippen MR) is 329 cm³/mol. The number of rotatable bonds is 48. The van der Waals surface area contributed by atoms with Crippen molar-refractivity contribution in [3.63, 3.8) is 0 Å². The smallest absolute Gasteiger partial charge is 0.243 e. The van der Waals surface area contributed by atoms with Crippen LogP contribution in [0, 0.1) is 11.8 Å². The van der Waals surface area contributed by atoms with Crippen molar-refractivity contribution in [2.75, 3.05) is 85.6 Å². The summed E-state index contributed by atoms with van der Waals surface area (Å²) in [5.74, 6) is 0.753. The summed E-state index contributed by atoms with van der Waals surface area (Å²) >= 11 is 0. The van der Waals surface area contributed by atoms with E-state index in [1.165, 1.54) is 167 Å². The topological polar surface area (TPSA) is 109 Å². The SMILES string of the molecule is CCCCCCCC/C=C\CCCCCCCC(=O)N(CCN1CCCCCC1)C(C(=O)NCCN(C)CCNC(=O)C(C1CC1)N(CCN1CCCCCC1)C(=O)CCCCCCC/C=C\CCCCCCCC)C1CC1. The minimum Gasteiger partial charge on any atom is -0.353 e. The van der Waals surface area contributed by atoms with Crippen LogP contribution in [0.3, 0.4) is 0 Å². The van der Waals surface area contributed by atoms with Crippen LogP contribution in [0.5, 0.6) is 0 Å². The lowest BCUT2D eigenvalue weighted by molar-refractivity contribution is -0.141. The molecule has 2 saturated carbocycles. The van der Waals surface area contributed by atoms with Gasteiger partial charge in [-0.3, -0.25) is 19.2 Å². The van der Waals surface area contributed by atoms with Gasteiger partial charge in [0.05, 0.1) is 0 Å². The Balaban J connectivity index is 1.20. The maximum absolute atomic E-state index is 14.2. The highest BCUT2D eigenvalue weighted by molar-refractivity contribution is 5.89. The molecule has 2 unspecified atom stereocenters. The Labute approximate surface area is 480 Å². The van der Waals surface area contributed by atoms with E-state index in [-0.39, 0.29) is 35.5 Å². The second-order valence-corrected chi connectivity index (χ2v) is 24.8. The summed E-state index contributed by atoms with van der Waals surface area (Å²) in [6, 6.07) is -0.808. The lowest BCUT2D eigenvalue weighted by atomic mass is 10.1. The molecule has 11 nitrogen and oxygen atoms in total. The number of allylic oxidation sites excluding steroid dienone is 4. The lowest BCUT2D eigenvalue weighted by Crippen LogP contribution is -2.54. The highest BCUT2D eigenvalue weighted by Gasteiger charge is 2.43. The number of carbonyl (C=O) groups excluding carboxylic acids is 4. The second kappa shape index (κ2) is 44.8. The van der Waals surface area contributed by atoms with E-state index in [1.54, 1.807) is 0 Å². The van der Waals surface area contributed by atoms with E-state index in [2.05, 4.69) is 63.5 Å². The number of unbranched alkanes of at least 4 members (excludes halogenated alkanes) is 22. The van der Waals surface area contributed by atoms with Crippen LogP contribution in [0.25, 0.3) is 0 Å². The number of amides is 4. The van der Waals surface area contributed by atoms with Gasteiger partial charge in [0.2, 0.25) is 23.6 Å². The average molecular weight is 1090 g/mol. The number of likely N-dealkylation sites (tertiary alicyclic amines) is 2. The molecule has 0 aromatic heterocycles. The highest BCUT2D eigenvalue weighted by atomic mass is 16.2. The molecule has 4 amide bonds. The van der Waals surface area contributed by atoms with E-state index >= 15 is 0 Å². The van der Waals surface area contributed by atoms with Gasteiger partial charge in [-0.2, -0.15) is 0 Å². The van der Waals surface area contributed by atoms with Crippen molar-refractivity contribution in [3.8, 4) is 0 Å². The van der Waals surface area contributed by atoms with Crippen molar-refractivity contribution in [2.24, 2.45) is 11.8 Å². The predicted octanol–water partition coefficient (Wildman–Crippen LogP) is 14.2. The molecule has 450 valence electrons. The first kappa shape index (κ1) is 67.7. The van der Waals surface area contributed by atoms with E-state index in [0.717, 1.165) is 116 Å². The third-order valence-electron chi connectivity index (χ3n) is 17.6. The molecule has 2 atom stereocenters. The molecule has 0 aromatic rings. The maximum atomic E-state index is 14.2. The number of hydrogen-bond acceptors (Lipinski definition) is 7. The van der Waals surface area contributed by atoms with Crippen LogP contribution < -0.4 is 10.6 Å². The molecule has 0 spiro atoms. The largest absolute Gasteiger partial charge is 0.353 e. The molecule has 4 rings (SSSR count). The second-order valence-electron chi connectivity index (χ2n) is 24.8. The summed E-state index contributed by atoms with van der Waals surface area (Å²) in [7, 11) is 2.05. The Kier molecular flexibility index (Phi) is 38.9. The van der Waals surface area contributed by atoms with Crippen LogP contribution >= 0.6 is 0 Å². The molecule has 2 aliphatic heterocycles. The van der Waals surface area contributed by atoms with Crippen molar-refractivity contribution >= 4 is 23.6 Å². The average Bonchev–Trinajstić information content (AvgIpc) is 4.38. The van der Waals surface area contributed by atoms with E-state index in [1.807, 2.05) is 16.8 Å². The molecule has 78 heavy (non-hydrogen) atoms. The highest BCUT2D eigenvalue weighted by Crippen LogP contribution is 2.37. The summed E-state index contributed by atoms with van der Waals surface area (Å²) in [4.78, 5) is 67.8.